The van der Waals surface area contributed by atoms with Crippen molar-refractivity contribution < 1.29 is 23.2 Å². The highest BCUT2D eigenvalue weighted by Crippen LogP contribution is 2.35. The number of aromatic nitrogens is 2. The Morgan fingerprint density at radius 2 is 1.81 bits per heavy atom. The molecule has 0 spiro atoms. The molecular formula is C23H21N3O5S. The van der Waals surface area contributed by atoms with E-state index in [-0.39, 0.29) is 5.91 Å². The quantitative estimate of drug-likeness (QED) is 0.279. The molecule has 0 aliphatic heterocycles. The van der Waals surface area contributed by atoms with Gasteiger partial charge < -0.3 is 23.9 Å². The van der Waals surface area contributed by atoms with E-state index in [0.29, 0.717) is 45.7 Å². The molecule has 3 heterocycles. The van der Waals surface area contributed by atoms with Crippen molar-refractivity contribution in [3.63, 3.8) is 0 Å². The van der Waals surface area contributed by atoms with E-state index in [9.17, 15) is 9.59 Å². The topological polar surface area (TPSA) is 110 Å². The molecule has 1 atom stereocenters. The van der Waals surface area contributed by atoms with E-state index in [1.165, 1.54) is 18.9 Å². The largest absolute Gasteiger partial charge is 0.465 e. The number of para-hydroxylation sites is 1. The van der Waals surface area contributed by atoms with Gasteiger partial charge in [0.25, 0.3) is 0 Å². The van der Waals surface area contributed by atoms with E-state index in [1.807, 2.05) is 19.1 Å². The van der Waals surface area contributed by atoms with Crippen LogP contribution in [0, 0.1) is 0 Å². The molecule has 1 amide bonds. The van der Waals surface area contributed by atoms with Gasteiger partial charge in [0.15, 0.2) is 16.7 Å². The van der Waals surface area contributed by atoms with Crippen molar-refractivity contribution in [1.29, 1.82) is 0 Å². The number of anilines is 1. The molecule has 9 heteroatoms. The molecule has 0 saturated carbocycles. The lowest BCUT2D eigenvalue weighted by Gasteiger charge is -2.15. The molecule has 1 aromatic carbocycles. The van der Waals surface area contributed by atoms with E-state index < -0.39 is 11.2 Å². The Morgan fingerprint density at radius 3 is 2.47 bits per heavy atom. The number of amides is 1. The third-order valence-electron chi connectivity index (χ3n) is 4.71. The molecule has 0 radical (unpaired) electrons. The minimum absolute atomic E-state index is 0.246. The highest BCUT2D eigenvalue weighted by atomic mass is 32.2. The smallest absolute Gasteiger partial charge is 0.339 e. The van der Waals surface area contributed by atoms with Gasteiger partial charge in [-0.2, -0.15) is 0 Å². The van der Waals surface area contributed by atoms with Crippen molar-refractivity contribution >= 4 is 29.3 Å². The average molecular weight is 452 g/mol. The molecule has 4 rings (SSSR count). The van der Waals surface area contributed by atoms with Crippen LogP contribution in [-0.2, 0) is 9.53 Å². The fourth-order valence-corrected chi connectivity index (χ4v) is 4.06. The first kappa shape index (κ1) is 21.5. The van der Waals surface area contributed by atoms with Crippen LogP contribution in [0.15, 0.2) is 75.0 Å². The lowest BCUT2D eigenvalue weighted by molar-refractivity contribution is -0.115. The molecule has 0 fully saturated rings. The molecular weight excluding hydrogens is 430 g/mol. The van der Waals surface area contributed by atoms with Crippen molar-refractivity contribution in [2.75, 3.05) is 12.4 Å². The molecule has 32 heavy (non-hydrogen) atoms. The maximum absolute atomic E-state index is 13.0. The summed E-state index contributed by atoms with van der Waals surface area (Å²) < 4.78 is 15.8. The van der Waals surface area contributed by atoms with E-state index >= 15 is 0 Å². The maximum atomic E-state index is 13.0. The summed E-state index contributed by atoms with van der Waals surface area (Å²) in [4.78, 5) is 32.9. The Morgan fingerprint density at radius 1 is 1.09 bits per heavy atom. The van der Waals surface area contributed by atoms with Crippen LogP contribution in [0.2, 0.25) is 0 Å². The molecule has 0 aliphatic rings. The molecule has 1 unspecified atom stereocenters. The van der Waals surface area contributed by atoms with Gasteiger partial charge in [-0.05, 0) is 42.8 Å². The van der Waals surface area contributed by atoms with E-state index in [2.05, 4.69) is 15.3 Å². The Labute approximate surface area is 188 Å². The number of hydrogen-bond acceptors (Lipinski definition) is 7. The Kier molecular flexibility index (Phi) is 6.46. The minimum atomic E-state index is -0.515. The Balaban J connectivity index is 1.57. The van der Waals surface area contributed by atoms with Gasteiger partial charge in [-0.3, -0.25) is 4.79 Å². The summed E-state index contributed by atoms with van der Waals surface area (Å²) in [7, 11) is 1.30. The molecule has 2 N–H and O–H groups in total. The molecule has 164 valence electrons. The summed E-state index contributed by atoms with van der Waals surface area (Å²) in [5.74, 6) is 0.437. The molecule has 0 bridgehead atoms. The first-order valence-corrected chi connectivity index (χ1v) is 10.8. The van der Waals surface area contributed by atoms with Gasteiger partial charge in [-0.1, -0.05) is 30.8 Å². The van der Waals surface area contributed by atoms with Gasteiger partial charge in [0.1, 0.15) is 11.4 Å². The first-order valence-electron chi connectivity index (χ1n) is 9.93. The SMILES string of the molecule is CCC(Sc1nc(-c2ccco2)c(-c2ccco2)[nH]1)C(=O)Nc1ccccc1C(=O)OC. The van der Waals surface area contributed by atoms with Crippen molar-refractivity contribution in [2.24, 2.45) is 0 Å². The second kappa shape index (κ2) is 9.61. The number of nitrogens with zero attached hydrogens (tertiary/aromatic N) is 1. The van der Waals surface area contributed by atoms with Gasteiger partial charge in [0.2, 0.25) is 5.91 Å². The molecule has 3 aromatic heterocycles. The number of hydrogen-bond donors (Lipinski definition) is 2. The summed E-state index contributed by atoms with van der Waals surface area (Å²) in [6.07, 6.45) is 3.70. The lowest BCUT2D eigenvalue weighted by atomic mass is 10.1. The number of carbonyl (C=O) groups excluding carboxylic acids is 2. The number of aromatic amines is 1. The summed E-state index contributed by atoms with van der Waals surface area (Å²) in [5.41, 5.74) is 1.95. The minimum Gasteiger partial charge on any atom is -0.465 e. The number of carbonyl (C=O) groups is 2. The normalized spacial score (nSPS) is 11.8. The fraction of sp³-hybridized carbons (Fsp3) is 0.174. The van der Waals surface area contributed by atoms with Crippen molar-refractivity contribution in [1.82, 2.24) is 9.97 Å². The van der Waals surface area contributed by atoms with Gasteiger partial charge in [0, 0.05) is 0 Å². The maximum Gasteiger partial charge on any atom is 0.339 e. The van der Waals surface area contributed by atoms with Crippen LogP contribution in [0.4, 0.5) is 5.69 Å². The number of H-pyrrole nitrogens is 1. The third-order valence-corrected chi connectivity index (χ3v) is 5.96. The predicted octanol–water partition coefficient (Wildman–Crippen LogP) is 5.23. The van der Waals surface area contributed by atoms with Crippen LogP contribution in [0.25, 0.3) is 22.9 Å². The van der Waals surface area contributed by atoms with Crippen LogP contribution >= 0.6 is 11.8 Å². The zero-order valence-corrected chi connectivity index (χ0v) is 18.3. The third kappa shape index (κ3) is 4.47. The predicted molar refractivity (Wildman–Crippen MR) is 120 cm³/mol. The van der Waals surface area contributed by atoms with Crippen LogP contribution in [0.5, 0.6) is 0 Å². The number of methoxy groups -OCH3 is 1. The van der Waals surface area contributed by atoms with Crippen LogP contribution in [-0.4, -0.2) is 34.2 Å². The highest BCUT2D eigenvalue weighted by Gasteiger charge is 2.24. The molecule has 0 saturated heterocycles. The standard InChI is InChI=1S/C23H21N3O5S/c1-3-18(21(27)24-15-9-5-4-8-14(15)22(28)29-2)32-23-25-19(16-10-6-12-30-16)20(26-23)17-11-7-13-31-17/h4-13,18H,3H2,1-2H3,(H,24,27)(H,25,26). The van der Waals surface area contributed by atoms with Crippen LogP contribution in [0.1, 0.15) is 23.7 Å². The summed E-state index contributed by atoms with van der Waals surface area (Å²) >= 11 is 1.29. The van der Waals surface area contributed by atoms with Crippen molar-refractivity contribution in [2.45, 2.75) is 23.8 Å². The number of thioether (sulfide) groups is 1. The van der Waals surface area contributed by atoms with Gasteiger partial charge in [-0.15, -0.1) is 0 Å². The van der Waals surface area contributed by atoms with Crippen molar-refractivity contribution in [3.05, 3.63) is 66.6 Å². The van der Waals surface area contributed by atoms with Gasteiger partial charge in [0.05, 0.1) is 36.1 Å². The zero-order valence-electron chi connectivity index (χ0n) is 17.5. The monoisotopic (exact) mass is 451 g/mol. The number of esters is 1. The van der Waals surface area contributed by atoms with E-state index in [1.54, 1.807) is 48.9 Å². The number of imidazole rings is 1. The Bertz CT molecular complexity index is 1150. The van der Waals surface area contributed by atoms with Crippen LogP contribution < -0.4 is 5.32 Å². The molecule has 0 aliphatic carbocycles. The Hall–Kier alpha value is -3.72. The molecule has 4 aromatic rings. The van der Waals surface area contributed by atoms with Gasteiger partial charge >= 0.3 is 5.97 Å². The van der Waals surface area contributed by atoms with E-state index in [4.69, 9.17) is 13.6 Å². The van der Waals surface area contributed by atoms with E-state index in [0.717, 1.165) is 0 Å². The van der Waals surface area contributed by atoms with Crippen LogP contribution in [0.3, 0.4) is 0 Å². The number of rotatable bonds is 8. The number of benzene rings is 1. The number of furan rings is 2. The second-order valence-electron chi connectivity index (χ2n) is 6.76. The summed E-state index contributed by atoms with van der Waals surface area (Å²) in [5, 5.41) is 2.92. The lowest BCUT2D eigenvalue weighted by Crippen LogP contribution is -2.25. The zero-order chi connectivity index (χ0) is 22.5. The molecule has 8 nitrogen and oxygen atoms in total. The average Bonchev–Trinajstić information content (AvgIpc) is 3.58. The highest BCUT2D eigenvalue weighted by molar-refractivity contribution is 8.00. The van der Waals surface area contributed by atoms with Crippen molar-refractivity contribution in [3.8, 4) is 22.9 Å². The number of nitrogens with one attached hydrogen (secondary N) is 2. The fourth-order valence-electron chi connectivity index (χ4n) is 3.15. The summed E-state index contributed by atoms with van der Waals surface area (Å²) in [6, 6.07) is 13.9. The second-order valence-corrected chi connectivity index (χ2v) is 7.95. The van der Waals surface area contributed by atoms with Gasteiger partial charge in [-0.25, -0.2) is 9.78 Å². The summed E-state index contributed by atoms with van der Waals surface area (Å²) in [6.45, 7) is 1.91. The first-order chi connectivity index (χ1) is 15.6. The number of ether oxygens (including phenoxy) is 1.